The van der Waals surface area contributed by atoms with Crippen molar-refractivity contribution in [3.05, 3.63) is 70.1 Å². The van der Waals surface area contributed by atoms with Gasteiger partial charge in [0.05, 0.1) is 19.6 Å². The van der Waals surface area contributed by atoms with Gasteiger partial charge in [-0.3, -0.25) is 9.59 Å². The number of aliphatic imine (C=N–C) groups is 1. The van der Waals surface area contributed by atoms with Crippen LogP contribution in [0.5, 0.6) is 0 Å². The van der Waals surface area contributed by atoms with Gasteiger partial charge >= 0.3 is 0 Å². The van der Waals surface area contributed by atoms with Gasteiger partial charge in [0.2, 0.25) is 5.91 Å². The van der Waals surface area contributed by atoms with Crippen molar-refractivity contribution in [2.24, 2.45) is 4.99 Å². The minimum Gasteiger partial charge on any atom is -0.357 e. The summed E-state index contributed by atoms with van der Waals surface area (Å²) in [6.45, 7) is 9.47. The van der Waals surface area contributed by atoms with Gasteiger partial charge < -0.3 is 19.7 Å². The molecule has 1 heterocycles. The molecule has 1 amide bonds. The molecule has 2 rings (SSSR count). The highest BCUT2D eigenvalue weighted by atomic mass is 127. The zero-order valence-corrected chi connectivity index (χ0v) is 21.2. The van der Waals surface area contributed by atoms with Crippen LogP contribution in [0.1, 0.15) is 31.9 Å². The second-order valence-corrected chi connectivity index (χ2v) is 7.08. The first-order chi connectivity index (χ1) is 14.5. The molecule has 7 nitrogen and oxygen atoms in total. The molecule has 170 valence electrons. The largest absolute Gasteiger partial charge is 0.357 e. The van der Waals surface area contributed by atoms with Gasteiger partial charge in [0.15, 0.2) is 5.96 Å². The monoisotopic (exact) mass is 539 g/mol. The number of guanidine groups is 1. The molecule has 0 bridgehead atoms. The Kier molecular flexibility index (Phi) is 11.9. The summed E-state index contributed by atoms with van der Waals surface area (Å²) < 4.78 is 1.68. The summed E-state index contributed by atoms with van der Waals surface area (Å²) in [5.74, 6) is 0.798. The lowest BCUT2D eigenvalue weighted by molar-refractivity contribution is -0.131. The maximum atomic E-state index is 12.4. The lowest BCUT2D eigenvalue weighted by atomic mass is 10.1. The van der Waals surface area contributed by atoms with Crippen LogP contribution in [0.15, 0.2) is 58.4 Å². The highest BCUT2D eigenvalue weighted by Crippen LogP contribution is 2.07. The fraction of sp³-hybridized carbons (Fsp3) is 0.435. The molecular weight excluding hydrogens is 505 g/mol. The summed E-state index contributed by atoms with van der Waals surface area (Å²) in [5, 5.41) is 3.25. The second-order valence-electron chi connectivity index (χ2n) is 7.08. The maximum Gasteiger partial charge on any atom is 0.250 e. The van der Waals surface area contributed by atoms with Crippen LogP contribution in [0.25, 0.3) is 0 Å². The van der Waals surface area contributed by atoms with Crippen LogP contribution in [0.2, 0.25) is 0 Å². The third-order valence-electron chi connectivity index (χ3n) is 4.87. The van der Waals surface area contributed by atoms with E-state index in [2.05, 4.69) is 10.3 Å². The average molecular weight is 539 g/mol. The molecule has 0 aliphatic carbocycles. The van der Waals surface area contributed by atoms with Gasteiger partial charge in [-0.05, 0) is 38.0 Å². The van der Waals surface area contributed by atoms with Crippen LogP contribution >= 0.6 is 24.0 Å². The SMILES string of the molecule is CCNC(=NCc1ccc(Cn2ccccc2=O)cc1)N(C)CC(=O)N(CC)CC.I. The molecule has 0 fully saturated rings. The predicted octanol–water partition coefficient (Wildman–Crippen LogP) is 2.78. The molecule has 8 heteroatoms. The number of likely N-dealkylation sites (N-methyl/N-ethyl adjacent to an activating group) is 2. The first-order valence-electron chi connectivity index (χ1n) is 10.5. The number of carbonyl (C=O) groups is 1. The molecule has 0 aliphatic heterocycles. The van der Waals surface area contributed by atoms with E-state index in [9.17, 15) is 9.59 Å². The number of pyridine rings is 1. The Morgan fingerprint density at radius 3 is 2.26 bits per heavy atom. The van der Waals surface area contributed by atoms with Crippen molar-refractivity contribution in [3.8, 4) is 0 Å². The van der Waals surface area contributed by atoms with Crippen LogP contribution in [0, 0.1) is 0 Å². The fourth-order valence-electron chi connectivity index (χ4n) is 3.13. The van der Waals surface area contributed by atoms with Gasteiger partial charge in [0.1, 0.15) is 0 Å². The minimum atomic E-state index is -0.0104. The number of amides is 1. The number of halogens is 1. The van der Waals surface area contributed by atoms with Crippen LogP contribution in [-0.2, 0) is 17.9 Å². The van der Waals surface area contributed by atoms with Gasteiger partial charge in [-0.1, -0.05) is 30.3 Å². The van der Waals surface area contributed by atoms with Crippen LogP contribution in [0.4, 0.5) is 0 Å². The number of carbonyl (C=O) groups excluding carboxylic acids is 1. The number of nitrogens with one attached hydrogen (secondary N) is 1. The van der Waals surface area contributed by atoms with Gasteiger partial charge in [0, 0.05) is 38.9 Å². The van der Waals surface area contributed by atoms with Crippen LogP contribution in [-0.4, -0.2) is 59.5 Å². The number of hydrogen-bond donors (Lipinski definition) is 1. The first-order valence-corrected chi connectivity index (χ1v) is 10.5. The van der Waals surface area contributed by atoms with Crippen molar-refractivity contribution >= 4 is 35.8 Å². The normalized spacial score (nSPS) is 10.9. The number of nitrogens with zero attached hydrogens (tertiary/aromatic N) is 4. The molecular formula is C23H34IN5O2. The molecule has 0 spiro atoms. The van der Waals surface area contributed by atoms with E-state index in [1.54, 1.807) is 22.9 Å². The summed E-state index contributed by atoms with van der Waals surface area (Å²) in [4.78, 5) is 32.6. The zero-order valence-electron chi connectivity index (χ0n) is 18.9. The molecule has 1 aromatic heterocycles. The Hall–Kier alpha value is -2.36. The van der Waals surface area contributed by atoms with Crippen LogP contribution in [0.3, 0.4) is 0 Å². The summed E-state index contributed by atoms with van der Waals surface area (Å²) >= 11 is 0. The lowest BCUT2D eigenvalue weighted by Gasteiger charge is -2.25. The smallest absolute Gasteiger partial charge is 0.250 e. The highest BCUT2D eigenvalue weighted by Gasteiger charge is 2.14. The summed E-state index contributed by atoms with van der Waals surface area (Å²) in [5.41, 5.74) is 2.12. The van der Waals surface area contributed by atoms with Crippen molar-refractivity contribution in [2.45, 2.75) is 33.9 Å². The Morgan fingerprint density at radius 1 is 1.03 bits per heavy atom. The van der Waals surface area contributed by atoms with E-state index in [-0.39, 0.29) is 42.0 Å². The zero-order chi connectivity index (χ0) is 21.9. The summed E-state index contributed by atoms with van der Waals surface area (Å²) in [6, 6.07) is 13.3. The number of aromatic nitrogens is 1. The van der Waals surface area contributed by atoms with E-state index in [4.69, 9.17) is 0 Å². The van der Waals surface area contributed by atoms with E-state index in [1.165, 1.54) is 0 Å². The predicted molar refractivity (Wildman–Crippen MR) is 137 cm³/mol. The third kappa shape index (κ3) is 8.35. The fourth-order valence-corrected chi connectivity index (χ4v) is 3.13. The minimum absolute atomic E-state index is 0. The Morgan fingerprint density at radius 2 is 1.68 bits per heavy atom. The Bertz CT molecular complexity index is 891. The van der Waals surface area contributed by atoms with Crippen molar-refractivity contribution < 1.29 is 4.79 Å². The van der Waals surface area contributed by atoms with Gasteiger partial charge in [-0.15, -0.1) is 24.0 Å². The van der Waals surface area contributed by atoms with Crippen molar-refractivity contribution in [1.82, 2.24) is 19.7 Å². The molecule has 0 atom stereocenters. The topological polar surface area (TPSA) is 69.9 Å². The number of hydrogen-bond acceptors (Lipinski definition) is 3. The van der Waals surface area contributed by atoms with E-state index < -0.39 is 0 Å². The maximum absolute atomic E-state index is 12.4. The third-order valence-corrected chi connectivity index (χ3v) is 4.87. The molecule has 2 aromatic rings. The van der Waals surface area contributed by atoms with Gasteiger partial charge in [-0.25, -0.2) is 4.99 Å². The van der Waals surface area contributed by atoms with E-state index in [0.717, 1.165) is 17.7 Å². The standard InChI is InChI=1S/C23H33N5O2.HI/c1-5-24-23(26(4)18-22(30)27(6-2)7-3)25-16-19-11-13-20(14-12-19)17-28-15-9-8-10-21(28)29;/h8-15H,5-7,16-18H2,1-4H3,(H,24,25);1H. The molecule has 1 N–H and O–H groups in total. The van der Waals surface area contributed by atoms with Crippen molar-refractivity contribution in [1.29, 1.82) is 0 Å². The van der Waals surface area contributed by atoms with Crippen LogP contribution < -0.4 is 10.9 Å². The molecule has 0 aliphatic rings. The number of rotatable bonds is 9. The summed E-state index contributed by atoms with van der Waals surface area (Å²) in [6.07, 6.45) is 1.79. The van der Waals surface area contributed by atoms with Gasteiger partial charge in [-0.2, -0.15) is 0 Å². The number of benzene rings is 1. The average Bonchev–Trinajstić information content (AvgIpc) is 2.74. The quantitative estimate of drug-likeness (QED) is 0.303. The van der Waals surface area contributed by atoms with E-state index in [1.807, 2.05) is 68.0 Å². The highest BCUT2D eigenvalue weighted by molar-refractivity contribution is 14.0. The molecule has 0 saturated heterocycles. The molecule has 1 aromatic carbocycles. The molecule has 0 saturated carbocycles. The molecule has 0 radical (unpaired) electrons. The Labute approximate surface area is 202 Å². The van der Waals surface area contributed by atoms with Crippen molar-refractivity contribution in [3.63, 3.8) is 0 Å². The van der Waals surface area contributed by atoms with Gasteiger partial charge in [0.25, 0.3) is 5.56 Å². The molecule has 0 unspecified atom stereocenters. The van der Waals surface area contributed by atoms with E-state index in [0.29, 0.717) is 32.1 Å². The summed E-state index contributed by atoms with van der Waals surface area (Å²) in [7, 11) is 1.88. The van der Waals surface area contributed by atoms with E-state index >= 15 is 0 Å². The lowest BCUT2D eigenvalue weighted by Crippen LogP contribution is -2.45. The molecule has 31 heavy (non-hydrogen) atoms. The van der Waals surface area contributed by atoms with Crippen molar-refractivity contribution in [2.75, 3.05) is 33.2 Å². The second kappa shape index (κ2) is 13.8. The Balaban J connectivity index is 0.00000480. The first kappa shape index (κ1) is 26.7.